The van der Waals surface area contributed by atoms with Gasteiger partial charge in [-0.2, -0.15) is 0 Å². The molecule has 3 aliphatic rings. The molecule has 2 aromatic rings. The maximum absolute atomic E-state index is 12.3. The monoisotopic (exact) mass is 440 g/mol. The second-order valence-corrected chi connectivity index (χ2v) is 11.0. The van der Waals surface area contributed by atoms with Gasteiger partial charge in [0.1, 0.15) is 0 Å². The van der Waals surface area contributed by atoms with Crippen molar-refractivity contribution in [3.05, 3.63) is 93.7 Å². The van der Waals surface area contributed by atoms with Gasteiger partial charge in [-0.1, -0.05) is 56.3 Å². The van der Waals surface area contributed by atoms with Gasteiger partial charge in [-0.05, 0) is 45.2 Å². The lowest BCUT2D eigenvalue weighted by Crippen LogP contribution is -2.18. The van der Waals surface area contributed by atoms with Crippen molar-refractivity contribution in [2.24, 2.45) is 10.9 Å². The van der Waals surface area contributed by atoms with Crippen LogP contribution in [0.15, 0.2) is 93.1 Å². The van der Waals surface area contributed by atoms with Crippen LogP contribution in [-0.4, -0.2) is 28.8 Å². The summed E-state index contributed by atoms with van der Waals surface area (Å²) in [5, 5.41) is 3.46. The topological polar surface area (TPSA) is 32.7 Å². The molecule has 0 bridgehead atoms. The Morgan fingerprint density at radius 2 is 1.88 bits per heavy atom. The number of hydrogen-bond acceptors (Lipinski definition) is 3. The quantitative estimate of drug-likeness (QED) is 0.506. The standard InChI is InChI=1S/C28H28N2OS/c1-19(2)13-22-17-30(3)18-23-15-25(32(28(22)23)27-16-24(31)11-12-29-27)14-21-9-6-8-20-7-4-5-10-26(20)21/h4-10,12,15-19H,11,13-14H2,1-3H3. The lowest BCUT2D eigenvalue weighted by molar-refractivity contribution is -0.113. The van der Waals surface area contributed by atoms with Crippen LogP contribution in [0.4, 0.5) is 0 Å². The number of rotatable bonds is 5. The molecule has 1 unspecified atom stereocenters. The van der Waals surface area contributed by atoms with E-state index in [2.05, 4.69) is 86.7 Å². The number of allylic oxidation sites excluding steroid dienone is 5. The molecule has 2 aromatic carbocycles. The summed E-state index contributed by atoms with van der Waals surface area (Å²) in [6.07, 6.45) is 12.6. The molecule has 0 N–H and O–H groups in total. The van der Waals surface area contributed by atoms with Crippen molar-refractivity contribution in [2.45, 2.75) is 33.1 Å². The van der Waals surface area contributed by atoms with Gasteiger partial charge in [0, 0.05) is 55.0 Å². The number of ketones is 1. The van der Waals surface area contributed by atoms with E-state index in [1.807, 2.05) is 0 Å². The molecule has 5 rings (SSSR count). The summed E-state index contributed by atoms with van der Waals surface area (Å²) >= 11 is 0. The van der Waals surface area contributed by atoms with E-state index in [1.54, 1.807) is 12.3 Å². The first-order valence-corrected chi connectivity index (χ1v) is 12.4. The highest BCUT2D eigenvalue weighted by Crippen LogP contribution is 2.49. The Kier molecular flexibility index (Phi) is 5.56. The average Bonchev–Trinajstić information content (AvgIpc) is 3.11. The summed E-state index contributed by atoms with van der Waals surface area (Å²) in [5.41, 5.74) is 3.95. The van der Waals surface area contributed by atoms with Crippen LogP contribution in [0.3, 0.4) is 0 Å². The Morgan fingerprint density at radius 3 is 2.69 bits per heavy atom. The number of carbonyl (C=O) groups is 1. The van der Waals surface area contributed by atoms with E-state index in [0.29, 0.717) is 12.3 Å². The van der Waals surface area contributed by atoms with Crippen molar-refractivity contribution < 1.29 is 4.79 Å². The number of nitrogens with zero attached hydrogens (tertiary/aromatic N) is 2. The number of hydrogen-bond donors (Lipinski definition) is 0. The molecule has 1 atom stereocenters. The van der Waals surface area contributed by atoms with Crippen molar-refractivity contribution in [1.29, 1.82) is 0 Å². The molecular weight excluding hydrogens is 412 g/mol. The SMILES string of the molecule is CC(C)CC1=CN(C)C=C2C=C(Cc3cccc4ccccc34)S(C3=CC(=O)CC=N3)=C21. The van der Waals surface area contributed by atoms with E-state index in [-0.39, 0.29) is 16.3 Å². The average molecular weight is 441 g/mol. The van der Waals surface area contributed by atoms with Crippen LogP contribution in [0.1, 0.15) is 32.3 Å². The van der Waals surface area contributed by atoms with Gasteiger partial charge in [-0.15, -0.1) is 10.5 Å². The highest BCUT2D eigenvalue weighted by Gasteiger charge is 2.30. The van der Waals surface area contributed by atoms with E-state index in [1.165, 1.54) is 37.3 Å². The molecule has 0 fully saturated rings. The first-order valence-electron chi connectivity index (χ1n) is 11.2. The van der Waals surface area contributed by atoms with Crippen molar-refractivity contribution in [3.8, 4) is 0 Å². The predicted octanol–water partition coefficient (Wildman–Crippen LogP) is 6.37. The minimum Gasteiger partial charge on any atom is -0.356 e. The third kappa shape index (κ3) is 3.95. The molecule has 0 aromatic heterocycles. The summed E-state index contributed by atoms with van der Waals surface area (Å²) in [6.45, 7) is 4.52. The molecule has 0 saturated heterocycles. The van der Waals surface area contributed by atoms with Crippen LogP contribution in [0, 0.1) is 5.92 Å². The minimum atomic E-state index is -0.337. The van der Waals surface area contributed by atoms with Crippen molar-refractivity contribution in [2.75, 3.05) is 7.05 Å². The zero-order chi connectivity index (χ0) is 22.2. The second kappa shape index (κ2) is 8.51. The van der Waals surface area contributed by atoms with Gasteiger partial charge in [0.25, 0.3) is 0 Å². The Morgan fingerprint density at radius 1 is 1.06 bits per heavy atom. The lowest BCUT2D eigenvalue weighted by atomic mass is 9.95. The van der Waals surface area contributed by atoms with Crippen molar-refractivity contribution >= 4 is 38.1 Å². The molecule has 162 valence electrons. The number of aliphatic imine (C=N–C) groups is 1. The lowest BCUT2D eigenvalue weighted by Gasteiger charge is -2.25. The van der Waals surface area contributed by atoms with E-state index in [9.17, 15) is 4.79 Å². The smallest absolute Gasteiger partial charge is 0.163 e. The van der Waals surface area contributed by atoms with Gasteiger partial charge in [0.2, 0.25) is 0 Å². The van der Waals surface area contributed by atoms with Gasteiger partial charge in [-0.3, -0.25) is 9.79 Å². The van der Waals surface area contributed by atoms with Gasteiger partial charge >= 0.3 is 0 Å². The molecule has 3 aliphatic heterocycles. The molecule has 3 heterocycles. The molecule has 0 aliphatic carbocycles. The normalized spacial score (nSPS) is 20.4. The largest absolute Gasteiger partial charge is 0.356 e. The third-order valence-electron chi connectivity index (χ3n) is 5.92. The number of fused-ring (bicyclic) bond motifs is 2. The highest BCUT2D eigenvalue weighted by molar-refractivity contribution is 8.23. The third-order valence-corrected chi connectivity index (χ3v) is 8.25. The summed E-state index contributed by atoms with van der Waals surface area (Å²) in [5.74, 6) is 0.701. The Labute approximate surface area is 192 Å². The van der Waals surface area contributed by atoms with Crippen LogP contribution in [0.5, 0.6) is 0 Å². The molecule has 0 amide bonds. The summed E-state index contributed by atoms with van der Waals surface area (Å²) in [6, 6.07) is 15.1. The molecule has 0 saturated carbocycles. The van der Waals surface area contributed by atoms with Crippen molar-refractivity contribution in [1.82, 2.24) is 4.90 Å². The number of carbonyl (C=O) groups excluding carboxylic acids is 1. The Hall–Kier alpha value is -2.98. The molecule has 0 spiro atoms. The van der Waals surface area contributed by atoms with Gasteiger partial charge < -0.3 is 4.90 Å². The summed E-state index contributed by atoms with van der Waals surface area (Å²) in [4.78, 5) is 21.9. The van der Waals surface area contributed by atoms with E-state index in [0.717, 1.165) is 17.9 Å². The molecule has 3 nitrogen and oxygen atoms in total. The molecule has 0 radical (unpaired) electrons. The molecular formula is C28H28N2OS. The fraction of sp³-hybridized carbons (Fsp3) is 0.250. The maximum Gasteiger partial charge on any atom is 0.163 e. The van der Waals surface area contributed by atoms with Crippen LogP contribution in [0.2, 0.25) is 0 Å². The van der Waals surface area contributed by atoms with Crippen molar-refractivity contribution in [3.63, 3.8) is 0 Å². The van der Waals surface area contributed by atoms with Gasteiger partial charge in [0.15, 0.2) is 5.78 Å². The summed E-state index contributed by atoms with van der Waals surface area (Å²) in [7, 11) is 1.76. The first-order chi connectivity index (χ1) is 15.5. The number of benzene rings is 2. The van der Waals surface area contributed by atoms with Gasteiger partial charge in [-0.25, -0.2) is 0 Å². The highest BCUT2D eigenvalue weighted by atomic mass is 32.2. The Bertz CT molecular complexity index is 1300. The van der Waals surface area contributed by atoms with E-state index in [4.69, 9.17) is 4.99 Å². The molecule has 32 heavy (non-hydrogen) atoms. The minimum absolute atomic E-state index is 0.146. The van der Waals surface area contributed by atoms with Crippen LogP contribution < -0.4 is 0 Å². The second-order valence-electron chi connectivity index (χ2n) is 9.03. The van der Waals surface area contributed by atoms with Crippen LogP contribution in [0.25, 0.3) is 10.8 Å². The molecule has 4 heteroatoms. The van der Waals surface area contributed by atoms with Crippen LogP contribution >= 0.6 is 10.5 Å². The summed E-state index contributed by atoms with van der Waals surface area (Å²) < 4.78 is 0. The zero-order valence-electron chi connectivity index (χ0n) is 18.8. The van der Waals surface area contributed by atoms with E-state index >= 15 is 0 Å². The van der Waals surface area contributed by atoms with E-state index < -0.39 is 0 Å². The fourth-order valence-corrected chi connectivity index (χ4v) is 7.13. The van der Waals surface area contributed by atoms with Crippen LogP contribution in [-0.2, 0) is 11.2 Å². The Balaban J connectivity index is 1.66. The maximum atomic E-state index is 12.3. The van der Waals surface area contributed by atoms with Gasteiger partial charge in [0.05, 0.1) is 5.03 Å². The zero-order valence-corrected chi connectivity index (χ0v) is 19.7. The predicted molar refractivity (Wildman–Crippen MR) is 138 cm³/mol. The fourth-order valence-electron chi connectivity index (χ4n) is 4.67. The first kappa shape index (κ1) is 20.9.